The lowest BCUT2D eigenvalue weighted by Gasteiger charge is -2.41. The van der Waals surface area contributed by atoms with Gasteiger partial charge in [-0.2, -0.15) is 9.97 Å². The van der Waals surface area contributed by atoms with Crippen molar-refractivity contribution in [3.8, 4) is 35.2 Å². The Balaban J connectivity index is 1.18. The van der Waals surface area contributed by atoms with Crippen molar-refractivity contribution < 1.29 is 23.4 Å². The molecule has 50 heavy (non-hydrogen) atoms. The van der Waals surface area contributed by atoms with Crippen LogP contribution in [0.5, 0.6) is 11.8 Å². The highest BCUT2D eigenvalue weighted by atomic mass is 19.1. The van der Waals surface area contributed by atoms with Crippen molar-refractivity contribution in [1.82, 2.24) is 25.1 Å². The number of piperidine rings is 1. The quantitative estimate of drug-likeness (QED) is 0.233. The molecule has 3 aliphatic heterocycles. The summed E-state index contributed by atoms with van der Waals surface area (Å²) in [7, 11) is 6.01. The summed E-state index contributed by atoms with van der Waals surface area (Å²) in [4.78, 5) is 16.3. The van der Waals surface area contributed by atoms with E-state index in [-0.39, 0.29) is 57.4 Å². The normalized spacial score (nSPS) is 24.6. The third kappa shape index (κ3) is 6.13. The predicted octanol–water partition coefficient (Wildman–Crippen LogP) is 5.17. The molecule has 1 aromatic heterocycles. The van der Waals surface area contributed by atoms with Gasteiger partial charge in [0.2, 0.25) is 0 Å². The summed E-state index contributed by atoms with van der Waals surface area (Å²) in [5.74, 6) is 1.35. The summed E-state index contributed by atoms with van der Waals surface area (Å²) in [5.41, 5.74) is 0.246. The van der Waals surface area contributed by atoms with Crippen LogP contribution in [0, 0.1) is 29.4 Å². The summed E-state index contributed by atoms with van der Waals surface area (Å²) < 4.78 is 45.5. The summed E-state index contributed by atoms with van der Waals surface area (Å²) in [6.07, 6.45) is 11.1. The molecule has 2 unspecified atom stereocenters. The van der Waals surface area contributed by atoms with Crippen LogP contribution in [-0.4, -0.2) is 110 Å². The number of nitrogens with one attached hydrogen (secondary N) is 1. The lowest BCUT2D eigenvalue weighted by Crippen LogP contribution is -2.52. The SMILES string of the molecule is C#Cc1cccc2cc(O)cc(-c3c(F)cc4c(N5CC6CCC(C5)N6)nc(OCC5(CN6C[C@@H](OC)C[C@H](N(C)C)C6)CC5)nc4c3F)c12. The first-order valence-corrected chi connectivity index (χ1v) is 17.6. The van der Waals surface area contributed by atoms with Crippen LogP contribution in [0.25, 0.3) is 32.8 Å². The van der Waals surface area contributed by atoms with Gasteiger partial charge in [-0.1, -0.05) is 18.1 Å². The maximum atomic E-state index is 17.0. The molecule has 4 fully saturated rings. The Bertz CT molecular complexity index is 1980. The lowest BCUT2D eigenvalue weighted by molar-refractivity contribution is -0.0115. The van der Waals surface area contributed by atoms with Crippen molar-refractivity contribution in [2.75, 3.05) is 65.4 Å². The van der Waals surface area contributed by atoms with Gasteiger partial charge in [0.05, 0.1) is 18.3 Å². The van der Waals surface area contributed by atoms with Gasteiger partial charge in [-0.05, 0) is 75.9 Å². The second-order valence-electron chi connectivity index (χ2n) is 15.1. The number of piperazine rings is 1. The van der Waals surface area contributed by atoms with Crippen LogP contribution >= 0.6 is 0 Å². The molecule has 262 valence electrons. The minimum absolute atomic E-state index is 0.0281. The van der Waals surface area contributed by atoms with E-state index >= 15 is 8.78 Å². The summed E-state index contributed by atoms with van der Waals surface area (Å²) in [5, 5.41) is 15.6. The van der Waals surface area contributed by atoms with Gasteiger partial charge >= 0.3 is 6.01 Å². The van der Waals surface area contributed by atoms with E-state index in [1.807, 2.05) is 0 Å². The Morgan fingerprint density at radius 3 is 2.56 bits per heavy atom. The van der Waals surface area contributed by atoms with Gasteiger partial charge < -0.3 is 29.7 Å². The van der Waals surface area contributed by atoms with Gasteiger partial charge in [0.1, 0.15) is 22.9 Å². The molecule has 0 amide bonds. The molecule has 2 N–H and O–H groups in total. The largest absolute Gasteiger partial charge is 0.508 e. The number of benzene rings is 3. The number of likely N-dealkylation sites (tertiary alicyclic amines) is 1. The first-order chi connectivity index (χ1) is 24.1. The fraction of sp³-hybridized carbons (Fsp3) is 0.487. The molecule has 4 atom stereocenters. The summed E-state index contributed by atoms with van der Waals surface area (Å²) in [6.45, 7) is 4.43. The monoisotopic (exact) mass is 682 g/mol. The maximum absolute atomic E-state index is 17.0. The summed E-state index contributed by atoms with van der Waals surface area (Å²) >= 11 is 0. The van der Waals surface area contributed by atoms with Gasteiger partial charge in [-0.15, -0.1) is 6.42 Å². The van der Waals surface area contributed by atoms with Crippen molar-refractivity contribution in [2.24, 2.45) is 5.41 Å². The van der Waals surface area contributed by atoms with Gasteiger partial charge in [0.15, 0.2) is 5.82 Å². The van der Waals surface area contributed by atoms with Crippen LogP contribution in [0.1, 0.15) is 37.7 Å². The number of methoxy groups -OCH3 is 1. The van der Waals surface area contributed by atoms with Crippen LogP contribution in [0.3, 0.4) is 0 Å². The second-order valence-corrected chi connectivity index (χ2v) is 15.1. The Labute approximate surface area is 291 Å². The third-order valence-electron chi connectivity index (χ3n) is 11.3. The van der Waals surface area contributed by atoms with E-state index in [1.54, 1.807) is 25.3 Å². The molecule has 4 aromatic rings. The van der Waals surface area contributed by atoms with Crippen LogP contribution < -0.4 is 15.0 Å². The number of ether oxygens (including phenoxy) is 2. The Hall–Kier alpha value is -4.08. The van der Waals surface area contributed by atoms with Crippen molar-refractivity contribution in [2.45, 2.75) is 56.3 Å². The topological polar surface area (TPSA) is 86.2 Å². The third-order valence-corrected chi connectivity index (χ3v) is 11.3. The molecule has 1 saturated carbocycles. The van der Waals surface area contributed by atoms with Crippen molar-refractivity contribution >= 4 is 27.5 Å². The zero-order valence-corrected chi connectivity index (χ0v) is 28.9. The number of halogens is 2. The van der Waals surface area contributed by atoms with Gasteiger partial charge in [-0.25, -0.2) is 8.78 Å². The Kier molecular flexibility index (Phi) is 8.54. The molecular formula is C39H44F2N6O3. The molecule has 4 aliphatic rings. The molecule has 3 saturated heterocycles. The lowest BCUT2D eigenvalue weighted by atomic mass is 9.93. The number of rotatable bonds is 9. The zero-order chi connectivity index (χ0) is 34.7. The minimum atomic E-state index is -0.847. The average molecular weight is 683 g/mol. The number of likely N-dealkylation sites (N-methyl/N-ethyl adjacent to an activating group) is 1. The molecule has 2 bridgehead atoms. The molecule has 1 aliphatic carbocycles. The number of anilines is 1. The van der Waals surface area contributed by atoms with E-state index in [0.717, 1.165) is 51.7 Å². The van der Waals surface area contributed by atoms with Crippen molar-refractivity contribution in [3.63, 3.8) is 0 Å². The molecule has 8 rings (SSSR count). The van der Waals surface area contributed by atoms with E-state index in [2.05, 4.69) is 45.0 Å². The number of hydrogen-bond acceptors (Lipinski definition) is 9. The van der Waals surface area contributed by atoms with Gasteiger partial charge in [0.25, 0.3) is 0 Å². The van der Waals surface area contributed by atoms with Gasteiger partial charge in [0, 0.05) is 85.3 Å². The Morgan fingerprint density at radius 1 is 1.08 bits per heavy atom. The molecule has 0 spiro atoms. The molecule has 0 radical (unpaired) electrons. The second kappa shape index (κ2) is 12.9. The van der Waals surface area contributed by atoms with Crippen molar-refractivity contribution in [3.05, 3.63) is 53.6 Å². The van der Waals surface area contributed by atoms with E-state index in [0.29, 0.717) is 47.9 Å². The first-order valence-electron chi connectivity index (χ1n) is 17.6. The number of terminal acetylenes is 1. The number of aromatic hydroxyl groups is 1. The number of nitrogens with zero attached hydrogens (tertiary/aromatic N) is 5. The van der Waals surface area contributed by atoms with E-state index < -0.39 is 11.6 Å². The van der Waals surface area contributed by atoms with Crippen LogP contribution in [0.15, 0.2) is 36.4 Å². The minimum Gasteiger partial charge on any atom is -0.508 e. The highest BCUT2D eigenvalue weighted by molar-refractivity contribution is 6.04. The maximum Gasteiger partial charge on any atom is 0.319 e. The zero-order valence-electron chi connectivity index (χ0n) is 28.9. The number of phenolic OH excluding ortho intramolecular Hbond substituents is 1. The smallest absolute Gasteiger partial charge is 0.319 e. The fourth-order valence-electron chi connectivity index (χ4n) is 8.42. The summed E-state index contributed by atoms with van der Waals surface area (Å²) in [6, 6.07) is 10.5. The van der Waals surface area contributed by atoms with E-state index in [4.69, 9.17) is 20.9 Å². The Morgan fingerprint density at radius 2 is 1.86 bits per heavy atom. The number of aromatic nitrogens is 2. The molecule has 4 heterocycles. The predicted molar refractivity (Wildman–Crippen MR) is 191 cm³/mol. The number of fused-ring (bicyclic) bond motifs is 4. The van der Waals surface area contributed by atoms with Crippen LogP contribution in [0.4, 0.5) is 14.6 Å². The van der Waals surface area contributed by atoms with Gasteiger partial charge in [-0.3, -0.25) is 4.90 Å². The average Bonchev–Trinajstić information content (AvgIpc) is 3.79. The first kappa shape index (κ1) is 33.1. The molecule has 9 nitrogen and oxygen atoms in total. The molecule has 11 heteroatoms. The fourth-order valence-corrected chi connectivity index (χ4v) is 8.42. The van der Waals surface area contributed by atoms with Crippen LogP contribution in [-0.2, 0) is 4.74 Å². The highest BCUT2D eigenvalue weighted by Crippen LogP contribution is 2.47. The number of hydrogen-bond donors (Lipinski definition) is 2. The van der Waals surface area contributed by atoms with E-state index in [9.17, 15) is 5.11 Å². The highest BCUT2D eigenvalue weighted by Gasteiger charge is 2.46. The molecular weight excluding hydrogens is 638 g/mol. The standard InChI is InChI=1S/C39H44F2N6O3/c1-5-23-7-6-8-24-13-28(48)15-30(33(23)24)34-32(40)16-31-36(35(34)41)43-38(44-37(31)47-17-25-9-10-26(18-47)42-25)50-22-39(11-12-39)21-46-19-27(45(2)3)14-29(20-46)49-4/h1,6-8,13,15-16,25-27,29,42,48H,9-12,14,17-22H2,2-4H3/t25?,26?,27-,29-/m0/s1. The number of phenols is 1. The van der Waals surface area contributed by atoms with E-state index in [1.165, 1.54) is 18.2 Å². The van der Waals surface area contributed by atoms with Crippen LogP contribution in [0.2, 0.25) is 0 Å². The van der Waals surface area contributed by atoms with Crippen molar-refractivity contribution in [1.29, 1.82) is 0 Å². The molecule has 3 aromatic carbocycles.